The van der Waals surface area contributed by atoms with Gasteiger partial charge >= 0.3 is 0 Å². The van der Waals surface area contributed by atoms with E-state index in [1.165, 1.54) is 5.19 Å². The fraction of sp³-hybridized carbons (Fsp3) is 0.571. The second-order valence-electron chi connectivity index (χ2n) is 5.72. The third kappa shape index (κ3) is 2.97. The third-order valence-corrected chi connectivity index (χ3v) is 7.12. The average molecular weight is 250 g/mol. The molecule has 0 aromatic heterocycles. The van der Waals surface area contributed by atoms with Crippen LogP contribution in [-0.2, 0) is 4.74 Å². The SMILES string of the molecule is C[C@@H]1O[C@@H](C[Si](C)(C)c2ccccc2)C[C@H]1O. The minimum Gasteiger partial charge on any atom is -0.390 e. The number of rotatable bonds is 3. The molecule has 0 unspecified atom stereocenters. The van der Waals surface area contributed by atoms with Gasteiger partial charge in [-0.1, -0.05) is 48.6 Å². The third-order valence-electron chi connectivity index (χ3n) is 3.75. The van der Waals surface area contributed by atoms with Crippen molar-refractivity contribution in [3.8, 4) is 0 Å². The lowest BCUT2D eigenvalue weighted by Crippen LogP contribution is -2.43. The first kappa shape index (κ1) is 12.8. The van der Waals surface area contributed by atoms with Gasteiger partial charge in [0.05, 0.1) is 26.4 Å². The first-order chi connectivity index (χ1) is 7.99. The average Bonchev–Trinajstić information content (AvgIpc) is 2.58. The maximum absolute atomic E-state index is 9.73. The highest BCUT2D eigenvalue weighted by atomic mass is 28.3. The van der Waals surface area contributed by atoms with Gasteiger partial charge in [0.2, 0.25) is 0 Å². The van der Waals surface area contributed by atoms with Crippen LogP contribution in [-0.4, -0.2) is 31.5 Å². The molecule has 1 aromatic rings. The Hall–Kier alpha value is -0.643. The Morgan fingerprint density at radius 3 is 2.47 bits per heavy atom. The topological polar surface area (TPSA) is 29.5 Å². The summed E-state index contributed by atoms with van der Waals surface area (Å²) in [5, 5.41) is 11.2. The largest absolute Gasteiger partial charge is 0.390 e. The molecule has 0 saturated carbocycles. The van der Waals surface area contributed by atoms with Crippen molar-refractivity contribution in [1.29, 1.82) is 0 Å². The number of benzene rings is 1. The fourth-order valence-electron chi connectivity index (χ4n) is 2.62. The molecule has 2 rings (SSSR count). The quantitative estimate of drug-likeness (QED) is 0.833. The van der Waals surface area contributed by atoms with Crippen LogP contribution in [0, 0.1) is 0 Å². The van der Waals surface area contributed by atoms with E-state index < -0.39 is 8.07 Å². The van der Waals surface area contributed by atoms with Gasteiger partial charge in [0, 0.05) is 6.42 Å². The lowest BCUT2D eigenvalue weighted by Gasteiger charge is -2.26. The van der Waals surface area contributed by atoms with Gasteiger partial charge in [0.25, 0.3) is 0 Å². The Labute approximate surface area is 105 Å². The van der Waals surface area contributed by atoms with Crippen LogP contribution in [0.25, 0.3) is 0 Å². The molecule has 1 N–H and O–H groups in total. The van der Waals surface area contributed by atoms with Gasteiger partial charge in [-0.2, -0.15) is 0 Å². The van der Waals surface area contributed by atoms with E-state index in [0.29, 0.717) is 0 Å². The van der Waals surface area contributed by atoms with E-state index in [4.69, 9.17) is 4.74 Å². The van der Waals surface area contributed by atoms with Crippen molar-refractivity contribution in [1.82, 2.24) is 0 Å². The van der Waals surface area contributed by atoms with Crippen LogP contribution in [0.15, 0.2) is 30.3 Å². The van der Waals surface area contributed by atoms with Gasteiger partial charge in [-0.15, -0.1) is 0 Å². The predicted octanol–water partition coefficient (Wildman–Crippen LogP) is 2.14. The highest BCUT2D eigenvalue weighted by Gasteiger charge is 2.35. The second-order valence-corrected chi connectivity index (χ2v) is 10.5. The number of hydrogen-bond donors (Lipinski definition) is 1. The first-order valence-corrected chi connectivity index (χ1v) is 9.59. The monoisotopic (exact) mass is 250 g/mol. The number of aliphatic hydroxyl groups excluding tert-OH is 1. The summed E-state index contributed by atoms with van der Waals surface area (Å²) in [6.07, 6.45) is 0.757. The minimum absolute atomic E-state index is 0.000531. The molecule has 1 heterocycles. The van der Waals surface area contributed by atoms with Gasteiger partial charge in [-0.25, -0.2) is 0 Å². The molecule has 1 aliphatic rings. The van der Waals surface area contributed by atoms with Gasteiger partial charge in [-0.3, -0.25) is 0 Å². The maximum atomic E-state index is 9.73. The van der Waals surface area contributed by atoms with E-state index in [0.717, 1.165) is 12.5 Å². The Kier molecular flexibility index (Phi) is 3.71. The first-order valence-electron chi connectivity index (χ1n) is 6.38. The molecule has 3 heteroatoms. The molecule has 0 aliphatic carbocycles. The molecule has 3 atom stereocenters. The maximum Gasteiger partial charge on any atom is 0.0831 e. The van der Waals surface area contributed by atoms with Crippen LogP contribution < -0.4 is 5.19 Å². The summed E-state index contributed by atoms with van der Waals surface area (Å²) in [5.41, 5.74) is 0. The van der Waals surface area contributed by atoms with Crippen molar-refractivity contribution >= 4 is 13.3 Å². The van der Waals surface area contributed by atoms with E-state index in [1.807, 2.05) is 6.92 Å². The molecule has 0 bridgehead atoms. The summed E-state index contributed by atoms with van der Waals surface area (Å²) < 4.78 is 5.82. The molecule has 1 saturated heterocycles. The van der Waals surface area contributed by atoms with E-state index in [9.17, 15) is 5.11 Å². The van der Waals surface area contributed by atoms with Gasteiger partial charge in [0.15, 0.2) is 0 Å². The van der Waals surface area contributed by atoms with Crippen LogP contribution in [0.2, 0.25) is 19.1 Å². The van der Waals surface area contributed by atoms with E-state index in [1.54, 1.807) is 0 Å². The van der Waals surface area contributed by atoms with Crippen LogP contribution in [0.1, 0.15) is 13.3 Å². The standard InChI is InChI=1S/C14H22O2Si/c1-11-14(15)9-12(16-11)10-17(2,3)13-7-5-4-6-8-13/h4-8,11-12,14-15H,9-10H2,1-3H3/t11-,12+,14+/m0/s1. The van der Waals surface area contributed by atoms with Crippen LogP contribution >= 0.6 is 0 Å². The molecule has 94 valence electrons. The zero-order valence-corrected chi connectivity index (χ0v) is 11.9. The predicted molar refractivity (Wildman–Crippen MR) is 73.3 cm³/mol. The molecular formula is C14H22O2Si. The molecule has 0 amide bonds. The summed E-state index contributed by atoms with van der Waals surface area (Å²) >= 11 is 0. The smallest absolute Gasteiger partial charge is 0.0831 e. The lowest BCUT2D eigenvalue weighted by molar-refractivity contribution is 0.0283. The summed E-state index contributed by atoms with van der Waals surface area (Å²) in [6, 6.07) is 11.8. The molecular weight excluding hydrogens is 228 g/mol. The molecule has 17 heavy (non-hydrogen) atoms. The Morgan fingerprint density at radius 2 is 1.94 bits per heavy atom. The second kappa shape index (κ2) is 4.92. The van der Waals surface area contributed by atoms with E-state index in [-0.39, 0.29) is 18.3 Å². The van der Waals surface area contributed by atoms with E-state index >= 15 is 0 Å². The van der Waals surface area contributed by atoms with Crippen LogP contribution in [0.4, 0.5) is 0 Å². The Bertz CT molecular complexity index is 354. The number of hydrogen-bond acceptors (Lipinski definition) is 2. The number of ether oxygens (including phenoxy) is 1. The molecule has 2 nitrogen and oxygen atoms in total. The van der Waals surface area contributed by atoms with Crippen molar-refractivity contribution in [3.63, 3.8) is 0 Å². The van der Waals surface area contributed by atoms with Gasteiger partial charge in [-0.05, 0) is 13.0 Å². The molecule has 0 radical (unpaired) electrons. The highest BCUT2D eigenvalue weighted by Crippen LogP contribution is 2.27. The summed E-state index contributed by atoms with van der Waals surface area (Å²) in [5.74, 6) is 0. The highest BCUT2D eigenvalue weighted by molar-refractivity contribution is 6.89. The Morgan fingerprint density at radius 1 is 1.29 bits per heavy atom. The summed E-state index contributed by atoms with van der Waals surface area (Å²) in [6.45, 7) is 6.71. The van der Waals surface area contributed by atoms with Crippen molar-refractivity contribution in [2.75, 3.05) is 0 Å². The van der Waals surface area contributed by atoms with Crippen molar-refractivity contribution in [2.24, 2.45) is 0 Å². The summed E-state index contributed by atoms with van der Waals surface area (Å²) in [7, 11) is -1.44. The summed E-state index contributed by atoms with van der Waals surface area (Å²) in [4.78, 5) is 0. The number of aliphatic hydroxyl groups is 1. The Balaban J connectivity index is 2.03. The van der Waals surface area contributed by atoms with Crippen molar-refractivity contribution < 1.29 is 9.84 Å². The molecule has 1 aromatic carbocycles. The van der Waals surface area contributed by atoms with Gasteiger partial charge < -0.3 is 9.84 Å². The van der Waals surface area contributed by atoms with Crippen molar-refractivity contribution in [2.45, 2.75) is 50.8 Å². The zero-order chi connectivity index (χ0) is 12.5. The minimum atomic E-state index is -1.44. The van der Waals surface area contributed by atoms with Crippen LogP contribution in [0.5, 0.6) is 0 Å². The fourth-order valence-corrected chi connectivity index (χ4v) is 5.35. The van der Waals surface area contributed by atoms with Crippen LogP contribution in [0.3, 0.4) is 0 Å². The molecule has 1 aliphatic heterocycles. The van der Waals surface area contributed by atoms with Gasteiger partial charge in [0.1, 0.15) is 0 Å². The molecule has 1 fully saturated rings. The lowest BCUT2D eigenvalue weighted by atomic mass is 10.2. The molecule has 0 spiro atoms. The zero-order valence-electron chi connectivity index (χ0n) is 10.9. The van der Waals surface area contributed by atoms with E-state index in [2.05, 4.69) is 43.4 Å². The normalized spacial score (nSPS) is 29.5. The van der Waals surface area contributed by atoms with Crippen molar-refractivity contribution in [3.05, 3.63) is 30.3 Å².